The van der Waals surface area contributed by atoms with Crippen molar-refractivity contribution in [3.63, 3.8) is 0 Å². The molecular weight excluding hydrogens is 334 g/mol. The number of pyridine rings is 1. The van der Waals surface area contributed by atoms with Gasteiger partial charge in [0.1, 0.15) is 22.9 Å². The SMILES string of the molecule is COc1ccc(-c2nc3ccccn3c2Nc2ccc(Cl)cc2)cc1. The summed E-state index contributed by atoms with van der Waals surface area (Å²) in [7, 11) is 1.66. The van der Waals surface area contributed by atoms with Crippen LogP contribution in [0.2, 0.25) is 5.02 Å². The molecular formula is C20H16ClN3O. The standard InChI is InChI=1S/C20H16ClN3O/c1-25-17-11-5-14(6-12-17)19-20(22-16-9-7-15(21)8-10-16)24-13-3-2-4-18(24)23-19/h2-13,22H,1H3. The van der Waals surface area contributed by atoms with Crippen LogP contribution in [0.4, 0.5) is 11.5 Å². The minimum atomic E-state index is 0.707. The summed E-state index contributed by atoms with van der Waals surface area (Å²) in [5, 5.41) is 4.17. The molecule has 4 aromatic rings. The van der Waals surface area contributed by atoms with Crippen LogP contribution in [0.15, 0.2) is 72.9 Å². The van der Waals surface area contributed by atoms with Gasteiger partial charge in [0, 0.05) is 22.5 Å². The molecule has 2 aromatic heterocycles. The molecule has 0 saturated carbocycles. The fraction of sp³-hybridized carbons (Fsp3) is 0.0500. The van der Waals surface area contributed by atoms with Gasteiger partial charge in [0.2, 0.25) is 0 Å². The van der Waals surface area contributed by atoms with Crippen LogP contribution in [0, 0.1) is 0 Å². The molecule has 0 bridgehead atoms. The molecule has 1 N–H and O–H groups in total. The Kier molecular flexibility index (Phi) is 4.04. The number of halogens is 1. The number of anilines is 2. The zero-order chi connectivity index (χ0) is 17.2. The van der Waals surface area contributed by atoms with Gasteiger partial charge < -0.3 is 10.1 Å². The van der Waals surface area contributed by atoms with E-state index in [1.54, 1.807) is 7.11 Å². The molecule has 0 radical (unpaired) electrons. The smallest absolute Gasteiger partial charge is 0.143 e. The van der Waals surface area contributed by atoms with E-state index in [1.807, 2.05) is 77.3 Å². The van der Waals surface area contributed by atoms with E-state index in [2.05, 4.69) is 5.32 Å². The lowest BCUT2D eigenvalue weighted by Gasteiger charge is -2.09. The van der Waals surface area contributed by atoms with E-state index < -0.39 is 0 Å². The Labute approximate surface area is 150 Å². The predicted octanol–water partition coefficient (Wildman–Crippen LogP) is 5.41. The third-order valence-corrected chi connectivity index (χ3v) is 4.25. The molecule has 124 valence electrons. The maximum absolute atomic E-state index is 5.99. The molecule has 0 spiro atoms. The van der Waals surface area contributed by atoms with E-state index in [0.717, 1.165) is 34.2 Å². The van der Waals surface area contributed by atoms with Crippen LogP contribution in [-0.4, -0.2) is 16.5 Å². The minimum Gasteiger partial charge on any atom is -0.497 e. The zero-order valence-corrected chi connectivity index (χ0v) is 14.4. The largest absolute Gasteiger partial charge is 0.497 e. The lowest BCUT2D eigenvalue weighted by molar-refractivity contribution is 0.415. The van der Waals surface area contributed by atoms with Crippen molar-refractivity contribution in [2.45, 2.75) is 0 Å². The van der Waals surface area contributed by atoms with Gasteiger partial charge in [-0.25, -0.2) is 4.98 Å². The fourth-order valence-electron chi connectivity index (χ4n) is 2.74. The first-order valence-corrected chi connectivity index (χ1v) is 8.26. The number of nitrogens with zero attached hydrogens (tertiary/aromatic N) is 2. The quantitative estimate of drug-likeness (QED) is 0.535. The van der Waals surface area contributed by atoms with Gasteiger partial charge in [-0.3, -0.25) is 4.40 Å². The maximum Gasteiger partial charge on any atom is 0.143 e. The lowest BCUT2D eigenvalue weighted by atomic mass is 10.1. The summed E-state index contributed by atoms with van der Waals surface area (Å²) in [6.07, 6.45) is 1.99. The molecule has 0 aliphatic heterocycles. The zero-order valence-electron chi connectivity index (χ0n) is 13.6. The van der Waals surface area contributed by atoms with Crippen LogP contribution in [-0.2, 0) is 0 Å². The van der Waals surface area contributed by atoms with Gasteiger partial charge in [0.15, 0.2) is 0 Å². The lowest BCUT2D eigenvalue weighted by Crippen LogP contribution is -1.96. The monoisotopic (exact) mass is 349 g/mol. The van der Waals surface area contributed by atoms with Crippen molar-refractivity contribution in [1.29, 1.82) is 0 Å². The molecule has 5 heteroatoms. The number of rotatable bonds is 4. The van der Waals surface area contributed by atoms with Crippen LogP contribution in [0.1, 0.15) is 0 Å². The Morgan fingerprint density at radius 3 is 2.44 bits per heavy atom. The number of benzene rings is 2. The average Bonchev–Trinajstić information content (AvgIpc) is 3.02. The van der Waals surface area contributed by atoms with E-state index in [0.29, 0.717) is 5.02 Å². The van der Waals surface area contributed by atoms with Crippen molar-refractivity contribution >= 4 is 28.8 Å². The Bertz CT molecular complexity index is 1010. The van der Waals surface area contributed by atoms with Crippen LogP contribution < -0.4 is 10.1 Å². The van der Waals surface area contributed by atoms with E-state index in [-0.39, 0.29) is 0 Å². The highest BCUT2D eigenvalue weighted by molar-refractivity contribution is 6.30. The highest BCUT2D eigenvalue weighted by Crippen LogP contribution is 2.32. The summed E-state index contributed by atoms with van der Waals surface area (Å²) in [5.41, 5.74) is 3.72. The number of nitrogens with one attached hydrogen (secondary N) is 1. The number of hydrogen-bond donors (Lipinski definition) is 1. The first-order chi connectivity index (χ1) is 12.2. The van der Waals surface area contributed by atoms with Crippen molar-refractivity contribution in [3.05, 3.63) is 77.9 Å². The average molecular weight is 350 g/mol. The van der Waals surface area contributed by atoms with Gasteiger partial charge in [-0.1, -0.05) is 17.7 Å². The fourth-order valence-corrected chi connectivity index (χ4v) is 2.86. The van der Waals surface area contributed by atoms with Crippen LogP contribution >= 0.6 is 11.6 Å². The molecule has 0 aliphatic rings. The molecule has 0 fully saturated rings. The van der Waals surface area contributed by atoms with Gasteiger partial charge in [-0.05, 0) is 60.7 Å². The summed E-state index contributed by atoms with van der Waals surface area (Å²) in [6.45, 7) is 0. The van der Waals surface area contributed by atoms with Gasteiger partial charge in [0.25, 0.3) is 0 Å². The first-order valence-electron chi connectivity index (χ1n) is 7.89. The maximum atomic E-state index is 5.99. The number of hydrogen-bond acceptors (Lipinski definition) is 3. The number of imidazole rings is 1. The van der Waals surface area contributed by atoms with Crippen molar-refractivity contribution in [3.8, 4) is 17.0 Å². The first kappa shape index (κ1) is 15.5. The van der Waals surface area contributed by atoms with Crippen LogP contribution in [0.3, 0.4) is 0 Å². The molecule has 2 aromatic carbocycles. The second-order valence-corrected chi connectivity index (χ2v) is 6.03. The van der Waals surface area contributed by atoms with Gasteiger partial charge in [-0.15, -0.1) is 0 Å². The second-order valence-electron chi connectivity index (χ2n) is 5.60. The number of ether oxygens (including phenoxy) is 1. The Balaban J connectivity index is 1.83. The van der Waals surface area contributed by atoms with Crippen molar-refractivity contribution in [2.75, 3.05) is 12.4 Å². The van der Waals surface area contributed by atoms with Gasteiger partial charge >= 0.3 is 0 Å². The highest BCUT2D eigenvalue weighted by Gasteiger charge is 2.14. The molecule has 25 heavy (non-hydrogen) atoms. The third-order valence-electron chi connectivity index (χ3n) is 4.00. The molecule has 0 amide bonds. The molecule has 0 aliphatic carbocycles. The van der Waals surface area contributed by atoms with Crippen molar-refractivity contribution in [1.82, 2.24) is 9.38 Å². The Hall–Kier alpha value is -2.98. The number of methoxy groups -OCH3 is 1. The van der Waals surface area contributed by atoms with Gasteiger partial charge in [-0.2, -0.15) is 0 Å². The third kappa shape index (κ3) is 3.04. The summed E-state index contributed by atoms with van der Waals surface area (Å²) in [6, 6.07) is 21.5. The molecule has 4 nitrogen and oxygen atoms in total. The van der Waals surface area contributed by atoms with E-state index in [1.165, 1.54) is 0 Å². The van der Waals surface area contributed by atoms with E-state index in [9.17, 15) is 0 Å². The number of fused-ring (bicyclic) bond motifs is 1. The molecule has 4 rings (SSSR count). The summed E-state index contributed by atoms with van der Waals surface area (Å²) in [5.74, 6) is 1.72. The highest BCUT2D eigenvalue weighted by atomic mass is 35.5. The summed E-state index contributed by atoms with van der Waals surface area (Å²) in [4.78, 5) is 4.79. The van der Waals surface area contributed by atoms with Gasteiger partial charge in [0.05, 0.1) is 7.11 Å². The van der Waals surface area contributed by atoms with E-state index in [4.69, 9.17) is 21.3 Å². The molecule has 0 saturated heterocycles. The van der Waals surface area contributed by atoms with Crippen LogP contribution in [0.25, 0.3) is 16.9 Å². The normalized spacial score (nSPS) is 10.8. The number of aromatic nitrogens is 2. The Morgan fingerprint density at radius 1 is 0.960 bits per heavy atom. The molecule has 0 atom stereocenters. The predicted molar refractivity (Wildman–Crippen MR) is 102 cm³/mol. The van der Waals surface area contributed by atoms with Crippen molar-refractivity contribution < 1.29 is 4.74 Å². The molecule has 2 heterocycles. The second kappa shape index (κ2) is 6.49. The topological polar surface area (TPSA) is 38.6 Å². The van der Waals surface area contributed by atoms with Crippen LogP contribution in [0.5, 0.6) is 5.75 Å². The van der Waals surface area contributed by atoms with E-state index >= 15 is 0 Å². The summed E-state index contributed by atoms with van der Waals surface area (Å²) < 4.78 is 7.28. The van der Waals surface area contributed by atoms with Crippen molar-refractivity contribution in [2.24, 2.45) is 0 Å². The Morgan fingerprint density at radius 2 is 1.72 bits per heavy atom. The summed E-state index contributed by atoms with van der Waals surface area (Å²) >= 11 is 5.99. The minimum absolute atomic E-state index is 0.707. The molecule has 0 unspecified atom stereocenters.